The molecule has 2 heterocycles. The van der Waals surface area contributed by atoms with Gasteiger partial charge in [-0.15, -0.1) is 11.3 Å². The average Bonchev–Trinajstić information content (AvgIpc) is 3.13. The first kappa shape index (κ1) is 18.5. The van der Waals surface area contributed by atoms with Crippen molar-refractivity contribution in [2.24, 2.45) is 0 Å². The van der Waals surface area contributed by atoms with Crippen LogP contribution in [0.2, 0.25) is 0 Å². The van der Waals surface area contributed by atoms with E-state index in [2.05, 4.69) is 46.8 Å². The molecule has 0 aliphatic carbocycles. The summed E-state index contributed by atoms with van der Waals surface area (Å²) in [6.45, 7) is 5.55. The summed E-state index contributed by atoms with van der Waals surface area (Å²) in [5.74, 6) is 0.00554. The number of hydrogen-bond acceptors (Lipinski definition) is 5. The highest BCUT2D eigenvalue weighted by atomic mass is 79.9. The van der Waals surface area contributed by atoms with Crippen LogP contribution in [0.5, 0.6) is 0 Å². The van der Waals surface area contributed by atoms with E-state index in [4.69, 9.17) is 4.98 Å². The number of rotatable bonds is 5. The number of halogens is 1. The number of thiophene rings is 1. The first-order valence-corrected chi connectivity index (χ1v) is 10.4. The largest absolute Gasteiger partial charge is 0.308 e. The molecular formula is C18H20BrN3OS2. The number of thiazole rings is 1. The molecule has 1 amide bonds. The van der Waals surface area contributed by atoms with Crippen molar-refractivity contribution in [1.82, 2.24) is 9.88 Å². The van der Waals surface area contributed by atoms with E-state index in [1.165, 1.54) is 16.9 Å². The minimum absolute atomic E-state index is 0.00554. The lowest BCUT2D eigenvalue weighted by atomic mass is 10.1. The molecule has 0 radical (unpaired) electrons. The van der Waals surface area contributed by atoms with Crippen molar-refractivity contribution in [1.29, 1.82) is 0 Å². The third kappa shape index (κ3) is 4.11. The highest BCUT2D eigenvalue weighted by Gasteiger charge is 2.23. The summed E-state index contributed by atoms with van der Waals surface area (Å²) < 4.78 is 2.08. The molecule has 0 aliphatic heterocycles. The normalized spacial score (nSPS) is 11.4. The average molecular weight is 438 g/mol. The Bertz CT molecular complexity index is 916. The molecule has 25 heavy (non-hydrogen) atoms. The molecule has 0 atom stereocenters. The second kappa shape index (κ2) is 7.53. The Labute approximate surface area is 164 Å². The summed E-state index contributed by atoms with van der Waals surface area (Å²) in [7, 11) is 4.02. The molecule has 1 aromatic carbocycles. The summed E-state index contributed by atoms with van der Waals surface area (Å²) in [5, 5.41) is 0.764. The first-order chi connectivity index (χ1) is 11.8. The molecule has 3 aromatic rings. The maximum Gasteiger partial charge on any atom is 0.270 e. The number of fused-ring (bicyclic) bond motifs is 1. The lowest BCUT2D eigenvalue weighted by molar-refractivity contribution is 0.0989. The van der Waals surface area contributed by atoms with Gasteiger partial charge in [0.05, 0.1) is 18.9 Å². The number of likely N-dealkylation sites (N-methyl/N-ethyl adjacent to an activating group) is 1. The van der Waals surface area contributed by atoms with E-state index >= 15 is 0 Å². The van der Waals surface area contributed by atoms with E-state index in [0.29, 0.717) is 6.54 Å². The molecule has 0 bridgehead atoms. The predicted molar refractivity (Wildman–Crippen MR) is 111 cm³/mol. The summed E-state index contributed by atoms with van der Waals surface area (Å²) in [6, 6.07) is 8.05. The molecule has 7 heteroatoms. The number of benzene rings is 1. The summed E-state index contributed by atoms with van der Waals surface area (Å²) in [6.07, 6.45) is 0. The number of aromatic nitrogens is 1. The fraction of sp³-hybridized carbons (Fsp3) is 0.333. The fourth-order valence-corrected chi connectivity index (χ4v) is 5.12. The van der Waals surface area contributed by atoms with Gasteiger partial charge in [0.2, 0.25) is 0 Å². The molecule has 0 aliphatic rings. The van der Waals surface area contributed by atoms with Crippen LogP contribution in [0.1, 0.15) is 20.8 Å². The maximum atomic E-state index is 13.1. The zero-order valence-corrected chi connectivity index (χ0v) is 17.9. The van der Waals surface area contributed by atoms with Crippen molar-refractivity contribution in [3.63, 3.8) is 0 Å². The van der Waals surface area contributed by atoms with Crippen LogP contribution in [0.4, 0.5) is 5.13 Å². The van der Waals surface area contributed by atoms with Crippen LogP contribution < -0.4 is 4.90 Å². The topological polar surface area (TPSA) is 36.4 Å². The smallest absolute Gasteiger partial charge is 0.270 e. The van der Waals surface area contributed by atoms with Crippen LogP contribution in [-0.2, 0) is 0 Å². The SMILES string of the molecule is Cc1cc(C)c2nc(N(CCN(C)C)C(=O)c3ccc(Br)s3)sc2c1. The third-order valence-corrected chi connectivity index (χ3v) is 6.49. The van der Waals surface area contributed by atoms with Gasteiger partial charge in [0.1, 0.15) is 0 Å². The molecule has 0 fully saturated rings. The minimum atomic E-state index is 0.00554. The standard InChI is InChI=1S/C18H20BrN3OS2/c1-11-9-12(2)16-14(10-11)25-18(20-16)22(8-7-21(3)4)17(23)13-5-6-15(19)24-13/h5-6,9-10H,7-8H2,1-4H3. The lowest BCUT2D eigenvalue weighted by Crippen LogP contribution is -2.36. The van der Waals surface area contributed by atoms with Crippen LogP contribution in [0.25, 0.3) is 10.2 Å². The van der Waals surface area contributed by atoms with E-state index < -0.39 is 0 Å². The van der Waals surface area contributed by atoms with Crippen LogP contribution in [0, 0.1) is 13.8 Å². The van der Waals surface area contributed by atoms with Gasteiger partial charge in [-0.2, -0.15) is 0 Å². The molecule has 0 saturated carbocycles. The van der Waals surface area contributed by atoms with Crippen LogP contribution in [-0.4, -0.2) is 43.0 Å². The molecule has 0 spiro atoms. The van der Waals surface area contributed by atoms with Crippen molar-refractivity contribution in [3.8, 4) is 0 Å². The molecule has 4 nitrogen and oxygen atoms in total. The number of amides is 1. The number of hydrogen-bond donors (Lipinski definition) is 0. The second-order valence-corrected chi connectivity index (χ2v) is 9.76. The van der Waals surface area contributed by atoms with E-state index in [1.54, 1.807) is 16.2 Å². The third-order valence-electron chi connectivity index (χ3n) is 3.85. The van der Waals surface area contributed by atoms with Crippen molar-refractivity contribution in [2.45, 2.75) is 13.8 Å². The minimum Gasteiger partial charge on any atom is -0.308 e. The first-order valence-electron chi connectivity index (χ1n) is 7.95. The van der Waals surface area contributed by atoms with Crippen LogP contribution in [0.3, 0.4) is 0 Å². The Morgan fingerprint density at radius 3 is 2.56 bits per heavy atom. The summed E-state index contributed by atoms with van der Waals surface area (Å²) >= 11 is 6.48. The van der Waals surface area contributed by atoms with E-state index in [1.807, 2.05) is 26.2 Å². The van der Waals surface area contributed by atoms with Crippen LogP contribution in [0.15, 0.2) is 28.1 Å². The lowest BCUT2D eigenvalue weighted by Gasteiger charge is -2.21. The molecule has 0 saturated heterocycles. The van der Waals surface area contributed by atoms with Gasteiger partial charge in [0.25, 0.3) is 5.91 Å². The number of nitrogens with zero attached hydrogens (tertiary/aromatic N) is 3. The number of carbonyl (C=O) groups excluding carboxylic acids is 1. The van der Waals surface area contributed by atoms with Gasteiger partial charge in [0.15, 0.2) is 5.13 Å². The Kier molecular flexibility index (Phi) is 5.58. The Morgan fingerprint density at radius 1 is 1.16 bits per heavy atom. The highest BCUT2D eigenvalue weighted by Crippen LogP contribution is 2.33. The monoisotopic (exact) mass is 437 g/mol. The van der Waals surface area contributed by atoms with Crippen LogP contribution >= 0.6 is 38.6 Å². The van der Waals surface area contributed by atoms with Crippen molar-refractivity contribution in [3.05, 3.63) is 44.1 Å². The fourth-order valence-electron chi connectivity index (χ4n) is 2.62. The maximum absolute atomic E-state index is 13.1. The zero-order chi connectivity index (χ0) is 18.1. The van der Waals surface area contributed by atoms with E-state index in [0.717, 1.165) is 36.1 Å². The van der Waals surface area contributed by atoms with Gasteiger partial charge < -0.3 is 4.90 Å². The van der Waals surface area contributed by atoms with Gasteiger partial charge in [0, 0.05) is 13.1 Å². The number of anilines is 1. The quantitative estimate of drug-likeness (QED) is 0.566. The van der Waals surface area contributed by atoms with Gasteiger partial charge in [-0.05, 0) is 73.2 Å². The number of aryl methyl sites for hydroxylation is 2. The molecule has 0 N–H and O–H groups in total. The van der Waals surface area contributed by atoms with Gasteiger partial charge in [-0.25, -0.2) is 4.98 Å². The van der Waals surface area contributed by atoms with Crippen molar-refractivity contribution in [2.75, 3.05) is 32.1 Å². The Morgan fingerprint density at radius 2 is 1.92 bits per heavy atom. The van der Waals surface area contributed by atoms with Gasteiger partial charge >= 0.3 is 0 Å². The van der Waals surface area contributed by atoms with E-state index in [9.17, 15) is 4.79 Å². The molecule has 0 unspecified atom stereocenters. The molecule has 3 rings (SSSR count). The van der Waals surface area contributed by atoms with Crippen molar-refractivity contribution < 1.29 is 4.79 Å². The Balaban J connectivity index is 2.01. The zero-order valence-electron chi connectivity index (χ0n) is 14.7. The van der Waals surface area contributed by atoms with Crippen molar-refractivity contribution >= 4 is 59.9 Å². The second-order valence-electron chi connectivity index (χ2n) is 6.29. The summed E-state index contributed by atoms with van der Waals surface area (Å²) in [5.41, 5.74) is 3.35. The van der Waals surface area contributed by atoms with Gasteiger partial charge in [-0.3, -0.25) is 9.69 Å². The highest BCUT2D eigenvalue weighted by molar-refractivity contribution is 9.11. The van der Waals surface area contributed by atoms with Gasteiger partial charge in [-0.1, -0.05) is 17.4 Å². The molecular weight excluding hydrogens is 418 g/mol. The predicted octanol–water partition coefficient (Wildman–Crippen LogP) is 4.95. The molecule has 2 aromatic heterocycles. The Hall–Kier alpha value is -1.28. The summed E-state index contributed by atoms with van der Waals surface area (Å²) in [4.78, 5) is 22.4. The number of carbonyl (C=O) groups is 1. The molecule has 132 valence electrons. The van der Waals surface area contributed by atoms with E-state index in [-0.39, 0.29) is 5.91 Å².